The van der Waals surface area contributed by atoms with E-state index >= 15 is 0 Å². The Hall–Kier alpha value is -0.830. The Morgan fingerprint density at radius 1 is 1.60 bits per heavy atom. The Morgan fingerprint density at radius 3 is 2.53 bits per heavy atom. The Kier molecular flexibility index (Phi) is 4.33. The fraction of sp³-hybridized carbons (Fsp3) is 0.750. The molecule has 0 spiro atoms. The first-order valence-electron chi connectivity index (χ1n) is 5.70. The van der Waals surface area contributed by atoms with Gasteiger partial charge in [0.05, 0.1) is 0 Å². The van der Waals surface area contributed by atoms with E-state index in [2.05, 4.69) is 11.9 Å². The quantitative estimate of drug-likeness (QED) is 0.693. The van der Waals surface area contributed by atoms with Crippen LogP contribution in [0, 0.1) is 11.8 Å². The maximum atomic E-state index is 12.1. The molecule has 1 aliphatic heterocycles. The van der Waals surface area contributed by atoms with Crippen molar-refractivity contribution in [3.05, 3.63) is 12.2 Å². The highest BCUT2D eigenvalue weighted by molar-refractivity contribution is 5.79. The molecule has 1 fully saturated rings. The van der Waals surface area contributed by atoms with E-state index in [1.807, 2.05) is 25.7 Å². The molecule has 0 saturated carbocycles. The fourth-order valence-electron chi connectivity index (χ4n) is 1.83. The predicted octanol–water partition coefficient (Wildman–Crippen LogP) is 1.27. The number of hydrogen-bond donors (Lipinski definition) is 1. The van der Waals surface area contributed by atoms with Crippen LogP contribution in [0.1, 0.15) is 20.8 Å². The number of likely N-dealkylation sites (N-methyl/N-ethyl adjacent to an activating group) is 1. The van der Waals surface area contributed by atoms with Crippen molar-refractivity contribution in [2.75, 3.05) is 26.2 Å². The van der Waals surface area contributed by atoms with Crippen molar-refractivity contribution in [2.45, 2.75) is 20.8 Å². The molecule has 1 aliphatic rings. The lowest BCUT2D eigenvalue weighted by Gasteiger charge is -2.34. The molecule has 1 heterocycles. The Labute approximate surface area is 92.5 Å². The Balaban J connectivity index is 2.50. The molecule has 1 N–H and O–H groups in total. The largest absolute Gasteiger partial charge is 0.339 e. The second kappa shape index (κ2) is 5.31. The first-order valence-corrected chi connectivity index (χ1v) is 5.70. The van der Waals surface area contributed by atoms with Gasteiger partial charge in [0.25, 0.3) is 0 Å². The van der Waals surface area contributed by atoms with Gasteiger partial charge in [-0.25, -0.2) is 0 Å². The van der Waals surface area contributed by atoms with Crippen LogP contribution < -0.4 is 5.32 Å². The van der Waals surface area contributed by atoms with Gasteiger partial charge >= 0.3 is 0 Å². The lowest BCUT2D eigenvalue weighted by molar-refractivity contribution is -0.136. The zero-order chi connectivity index (χ0) is 11.4. The molecule has 0 radical (unpaired) electrons. The molecule has 86 valence electrons. The van der Waals surface area contributed by atoms with E-state index < -0.39 is 0 Å². The minimum Gasteiger partial charge on any atom is -0.339 e. The van der Waals surface area contributed by atoms with Crippen molar-refractivity contribution in [3.8, 4) is 0 Å². The summed E-state index contributed by atoms with van der Waals surface area (Å²) in [6, 6.07) is 0. The third kappa shape index (κ3) is 3.06. The second-order valence-electron chi connectivity index (χ2n) is 4.52. The van der Waals surface area contributed by atoms with Crippen LogP contribution in [-0.4, -0.2) is 37.0 Å². The van der Waals surface area contributed by atoms with Gasteiger partial charge in [-0.15, -0.1) is 0 Å². The minimum absolute atomic E-state index is 0.144. The van der Waals surface area contributed by atoms with Crippen molar-refractivity contribution in [1.29, 1.82) is 0 Å². The van der Waals surface area contributed by atoms with Crippen molar-refractivity contribution in [1.82, 2.24) is 10.2 Å². The van der Waals surface area contributed by atoms with Crippen LogP contribution in [0.4, 0.5) is 0 Å². The summed E-state index contributed by atoms with van der Waals surface area (Å²) in [6.45, 7) is 13.3. The number of carbonyl (C=O) groups is 1. The van der Waals surface area contributed by atoms with E-state index in [0.29, 0.717) is 12.5 Å². The summed E-state index contributed by atoms with van der Waals surface area (Å²) < 4.78 is 0. The maximum Gasteiger partial charge on any atom is 0.226 e. The van der Waals surface area contributed by atoms with E-state index in [4.69, 9.17) is 0 Å². The average molecular weight is 210 g/mol. The van der Waals surface area contributed by atoms with Crippen LogP contribution in [0.3, 0.4) is 0 Å². The lowest BCUT2D eigenvalue weighted by atomic mass is 9.88. The van der Waals surface area contributed by atoms with E-state index in [-0.39, 0.29) is 11.8 Å². The smallest absolute Gasteiger partial charge is 0.226 e. The molecule has 3 nitrogen and oxygen atoms in total. The number of rotatable bonds is 5. The SMILES string of the molecule is C=C(C)CN(CC)C(=O)C(C)C1CNC1. The summed E-state index contributed by atoms with van der Waals surface area (Å²) in [5.74, 6) is 0.939. The van der Waals surface area contributed by atoms with Crippen molar-refractivity contribution in [3.63, 3.8) is 0 Å². The third-order valence-electron chi connectivity index (χ3n) is 3.06. The van der Waals surface area contributed by atoms with Crippen LogP contribution >= 0.6 is 0 Å². The molecule has 1 unspecified atom stereocenters. The highest BCUT2D eigenvalue weighted by Crippen LogP contribution is 2.18. The average Bonchev–Trinajstić information content (AvgIpc) is 2.09. The molecule has 3 heteroatoms. The molecule has 1 amide bonds. The van der Waals surface area contributed by atoms with Crippen LogP contribution in [-0.2, 0) is 4.79 Å². The summed E-state index contributed by atoms with van der Waals surface area (Å²) in [7, 11) is 0. The molecular weight excluding hydrogens is 188 g/mol. The maximum absolute atomic E-state index is 12.1. The molecule has 0 aromatic heterocycles. The summed E-state index contributed by atoms with van der Waals surface area (Å²) in [5, 5.41) is 3.21. The minimum atomic E-state index is 0.144. The summed E-state index contributed by atoms with van der Waals surface area (Å²) >= 11 is 0. The number of amides is 1. The van der Waals surface area contributed by atoms with Crippen LogP contribution in [0.25, 0.3) is 0 Å². The van der Waals surface area contributed by atoms with E-state index in [1.165, 1.54) is 0 Å². The van der Waals surface area contributed by atoms with Gasteiger partial charge < -0.3 is 10.2 Å². The Morgan fingerprint density at radius 2 is 2.20 bits per heavy atom. The predicted molar refractivity (Wildman–Crippen MR) is 62.6 cm³/mol. The zero-order valence-corrected chi connectivity index (χ0v) is 10.0. The topological polar surface area (TPSA) is 32.3 Å². The first-order chi connectivity index (χ1) is 7.06. The second-order valence-corrected chi connectivity index (χ2v) is 4.52. The number of nitrogens with one attached hydrogen (secondary N) is 1. The monoisotopic (exact) mass is 210 g/mol. The van der Waals surface area contributed by atoms with E-state index in [1.54, 1.807) is 0 Å². The molecule has 1 rings (SSSR count). The Bertz CT molecular complexity index is 246. The molecule has 0 aliphatic carbocycles. The summed E-state index contributed by atoms with van der Waals surface area (Å²) in [4.78, 5) is 14.0. The highest BCUT2D eigenvalue weighted by atomic mass is 16.2. The molecule has 0 aromatic carbocycles. The highest BCUT2D eigenvalue weighted by Gasteiger charge is 2.30. The van der Waals surface area contributed by atoms with E-state index in [9.17, 15) is 4.79 Å². The molecule has 1 atom stereocenters. The van der Waals surface area contributed by atoms with Gasteiger partial charge in [0, 0.05) is 19.0 Å². The van der Waals surface area contributed by atoms with Crippen molar-refractivity contribution in [2.24, 2.45) is 11.8 Å². The molecular formula is C12H22N2O. The number of hydrogen-bond acceptors (Lipinski definition) is 2. The zero-order valence-electron chi connectivity index (χ0n) is 10.0. The standard InChI is InChI=1S/C12H22N2O/c1-5-14(8-9(2)3)12(15)10(4)11-6-13-7-11/h10-11,13H,2,5-8H2,1,3-4H3. The van der Waals surface area contributed by atoms with Gasteiger partial charge in [-0.2, -0.15) is 0 Å². The normalized spacial score (nSPS) is 18.1. The van der Waals surface area contributed by atoms with Gasteiger partial charge in [-0.3, -0.25) is 4.79 Å². The third-order valence-corrected chi connectivity index (χ3v) is 3.06. The van der Waals surface area contributed by atoms with Gasteiger partial charge in [0.15, 0.2) is 0 Å². The molecule has 0 bridgehead atoms. The van der Waals surface area contributed by atoms with Crippen LogP contribution in [0.2, 0.25) is 0 Å². The van der Waals surface area contributed by atoms with Gasteiger partial charge in [0.1, 0.15) is 0 Å². The van der Waals surface area contributed by atoms with Gasteiger partial charge in [0.2, 0.25) is 5.91 Å². The number of nitrogens with zero attached hydrogens (tertiary/aromatic N) is 1. The van der Waals surface area contributed by atoms with Crippen molar-refractivity contribution < 1.29 is 4.79 Å². The molecule has 0 aromatic rings. The summed E-state index contributed by atoms with van der Waals surface area (Å²) in [6.07, 6.45) is 0. The first kappa shape index (κ1) is 12.2. The summed E-state index contributed by atoms with van der Waals surface area (Å²) in [5.41, 5.74) is 1.05. The molecule has 15 heavy (non-hydrogen) atoms. The van der Waals surface area contributed by atoms with Gasteiger partial charge in [-0.05, 0) is 32.9 Å². The van der Waals surface area contributed by atoms with Gasteiger partial charge in [-0.1, -0.05) is 19.1 Å². The van der Waals surface area contributed by atoms with Crippen molar-refractivity contribution >= 4 is 5.91 Å². The lowest BCUT2D eigenvalue weighted by Crippen LogP contribution is -2.50. The van der Waals surface area contributed by atoms with E-state index in [0.717, 1.165) is 25.2 Å². The number of carbonyl (C=O) groups excluding carboxylic acids is 1. The van der Waals surface area contributed by atoms with Crippen LogP contribution in [0.15, 0.2) is 12.2 Å². The fourth-order valence-corrected chi connectivity index (χ4v) is 1.83. The van der Waals surface area contributed by atoms with Crippen LogP contribution in [0.5, 0.6) is 0 Å². The molecule has 1 saturated heterocycles.